The van der Waals surface area contributed by atoms with E-state index in [1.807, 2.05) is 0 Å². The Morgan fingerprint density at radius 1 is 0.537 bits per heavy atom. The third-order valence-corrected chi connectivity index (χ3v) is 14.3. The molecule has 1 saturated carbocycles. The van der Waals surface area contributed by atoms with Crippen molar-refractivity contribution < 1.29 is 0 Å². The number of aliphatic imine (C=N–C) groups is 1. The Labute approximate surface area is 325 Å². The van der Waals surface area contributed by atoms with Crippen molar-refractivity contribution in [1.82, 2.24) is 15.0 Å². The van der Waals surface area contributed by atoms with Gasteiger partial charge in [-0.05, 0) is 161 Å². The molecule has 1 aromatic rings. The second-order valence-corrected chi connectivity index (χ2v) is 17.7. The van der Waals surface area contributed by atoms with Crippen LogP contribution in [-0.2, 0) is 0 Å². The van der Waals surface area contributed by atoms with E-state index in [-0.39, 0.29) is 0 Å². The molecule has 0 bridgehead atoms. The zero-order valence-corrected chi connectivity index (χ0v) is 32.7. The van der Waals surface area contributed by atoms with Crippen LogP contribution in [0.5, 0.6) is 0 Å². The minimum Gasteiger partial charge on any atom is -0.265 e. The van der Waals surface area contributed by atoms with Crippen LogP contribution >= 0.6 is 0 Å². The van der Waals surface area contributed by atoms with Crippen LogP contribution < -0.4 is 0 Å². The molecule has 54 heavy (non-hydrogen) atoms. The van der Waals surface area contributed by atoms with Gasteiger partial charge in [-0.2, -0.15) is 0 Å². The van der Waals surface area contributed by atoms with Crippen molar-refractivity contribution in [2.45, 2.75) is 147 Å². The van der Waals surface area contributed by atoms with E-state index in [1.54, 1.807) is 0 Å². The molecule has 9 rings (SSSR count). The van der Waals surface area contributed by atoms with Crippen LogP contribution in [0.2, 0.25) is 0 Å². The highest BCUT2D eigenvalue weighted by Gasteiger charge is 2.33. The molecule has 0 aromatic carbocycles. The molecule has 0 spiro atoms. The number of allylic oxidation sites excluding steroid dienone is 17. The zero-order chi connectivity index (χ0) is 36.1. The molecule has 0 amide bonds. The summed E-state index contributed by atoms with van der Waals surface area (Å²) >= 11 is 0. The SMILES string of the molecule is C1=CC(C2CC=C(c3nc(C4C=CC(C5CCCCC5)CC4)nc(C4CC=C(C5=CN=C(C6CC=CCC6)CC5C5=CCCC=C5)CC4)n3)CC2)=CCC1. The van der Waals surface area contributed by atoms with Gasteiger partial charge in [-0.1, -0.05) is 92.2 Å². The van der Waals surface area contributed by atoms with E-state index in [0.717, 1.165) is 93.5 Å². The lowest BCUT2D eigenvalue weighted by Crippen LogP contribution is -2.25. The molecule has 1 aromatic heterocycles. The third-order valence-electron chi connectivity index (χ3n) is 14.3. The average Bonchev–Trinajstić information content (AvgIpc) is 3.27. The number of aromatic nitrogens is 3. The van der Waals surface area contributed by atoms with Gasteiger partial charge in [0.15, 0.2) is 5.82 Å². The maximum absolute atomic E-state index is 5.38. The fraction of sp³-hybridized carbons (Fsp3) is 0.560. The van der Waals surface area contributed by atoms with Crippen molar-refractivity contribution in [2.75, 3.05) is 0 Å². The van der Waals surface area contributed by atoms with Gasteiger partial charge < -0.3 is 0 Å². The van der Waals surface area contributed by atoms with Gasteiger partial charge in [-0.3, -0.25) is 4.99 Å². The molecule has 4 heteroatoms. The molecule has 4 nitrogen and oxygen atoms in total. The Hall–Kier alpha value is -3.66. The van der Waals surface area contributed by atoms with E-state index in [9.17, 15) is 0 Å². The van der Waals surface area contributed by atoms with Crippen molar-refractivity contribution in [3.05, 3.63) is 119 Å². The van der Waals surface area contributed by atoms with Crippen molar-refractivity contribution >= 4 is 11.3 Å². The number of rotatable bonds is 8. The molecule has 6 atom stereocenters. The highest BCUT2D eigenvalue weighted by atomic mass is 15.0. The smallest absolute Gasteiger partial charge is 0.159 e. The van der Waals surface area contributed by atoms with Crippen LogP contribution in [0.4, 0.5) is 0 Å². The summed E-state index contributed by atoms with van der Waals surface area (Å²) in [5, 5.41) is 0. The summed E-state index contributed by atoms with van der Waals surface area (Å²) in [5.74, 6) is 6.92. The average molecular weight is 719 g/mol. The first-order valence-corrected chi connectivity index (χ1v) is 22.2. The summed E-state index contributed by atoms with van der Waals surface area (Å²) in [6.45, 7) is 0. The van der Waals surface area contributed by atoms with E-state index >= 15 is 0 Å². The number of hydrogen-bond donors (Lipinski definition) is 0. The molecule has 1 aliphatic heterocycles. The second-order valence-electron chi connectivity index (χ2n) is 17.7. The lowest BCUT2D eigenvalue weighted by molar-refractivity contribution is 0.263. The first-order valence-electron chi connectivity index (χ1n) is 22.2. The van der Waals surface area contributed by atoms with E-state index in [1.165, 1.54) is 104 Å². The highest BCUT2D eigenvalue weighted by molar-refractivity contribution is 5.89. The lowest BCUT2D eigenvalue weighted by atomic mass is 9.74. The normalized spacial score (nSPS) is 31.9. The van der Waals surface area contributed by atoms with Gasteiger partial charge in [0, 0.05) is 35.6 Å². The molecular weight excluding hydrogens is 657 g/mol. The maximum atomic E-state index is 5.38. The topological polar surface area (TPSA) is 51.0 Å². The zero-order valence-electron chi connectivity index (χ0n) is 32.7. The molecule has 6 unspecified atom stereocenters. The van der Waals surface area contributed by atoms with E-state index in [0.29, 0.717) is 29.6 Å². The quantitative estimate of drug-likeness (QED) is 0.251. The molecule has 0 radical (unpaired) electrons. The number of nitrogens with zero attached hydrogens (tertiary/aromatic N) is 4. The van der Waals surface area contributed by atoms with Crippen LogP contribution in [0.15, 0.2) is 106 Å². The lowest BCUT2D eigenvalue weighted by Gasteiger charge is -2.33. The fourth-order valence-electron chi connectivity index (χ4n) is 11.0. The first kappa shape index (κ1) is 36.0. The Balaban J connectivity index is 0.977. The summed E-state index contributed by atoms with van der Waals surface area (Å²) < 4.78 is 0. The van der Waals surface area contributed by atoms with Crippen LogP contribution in [0.25, 0.3) is 5.57 Å². The van der Waals surface area contributed by atoms with Gasteiger partial charge in [-0.25, -0.2) is 15.0 Å². The number of hydrogen-bond acceptors (Lipinski definition) is 4. The van der Waals surface area contributed by atoms with Crippen LogP contribution in [0.3, 0.4) is 0 Å². The Morgan fingerprint density at radius 2 is 1.31 bits per heavy atom. The molecule has 282 valence electrons. The molecule has 0 saturated heterocycles. The van der Waals surface area contributed by atoms with Gasteiger partial charge in [-0.15, -0.1) is 0 Å². The molecule has 7 aliphatic carbocycles. The van der Waals surface area contributed by atoms with Gasteiger partial charge in [0.25, 0.3) is 0 Å². The predicted molar refractivity (Wildman–Crippen MR) is 224 cm³/mol. The van der Waals surface area contributed by atoms with Crippen molar-refractivity contribution in [1.29, 1.82) is 0 Å². The van der Waals surface area contributed by atoms with Gasteiger partial charge in [0.1, 0.15) is 11.6 Å². The molecule has 8 aliphatic rings. The van der Waals surface area contributed by atoms with Gasteiger partial charge in [0.05, 0.1) is 0 Å². The molecule has 1 fully saturated rings. The van der Waals surface area contributed by atoms with E-state index < -0.39 is 0 Å². The van der Waals surface area contributed by atoms with E-state index in [4.69, 9.17) is 19.9 Å². The van der Waals surface area contributed by atoms with Crippen molar-refractivity contribution in [2.24, 2.45) is 34.6 Å². The molecular formula is C50H62N4. The Morgan fingerprint density at radius 3 is 2.02 bits per heavy atom. The molecule has 0 N–H and O–H groups in total. The summed E-state index contributed by atoms with van der Waals surface area (Å²) in [4.78, 5) is 21.3. The second kappa shape index (κ2) is 17.0. The highest BCUT2D eigenvalue weighted by Crippen LogP contribution is 2.44. The van der Waals surface area contributed by atoms with Gasteiger partial charge >= 0.3 is 0 Å². The first-order chi connectivity index (χ1) is 26.7. The van der Waals surface area contributed by atoms with Crippen LogP contribution in [0.1, 0.15) is 164 Å². The fourth-order valence-corrected chi connectivity index (χ4v) is 11.0. The standard InChI is InChI=1S/C50H62N4/c1-5-13-35(14-6-1)37-21-27-42(28-22-37)48-52-49(43-29-23-38(24-30-43)36-15-7-2-8-16-36)54-50(53-48)44-31-25-40(26-32-44)46-34-51-47(41-19-11-4-12-20-41)33-45(46)39-17-9-3-10-18-39/h4-5,9,11,13-14,17-18,23,25,27,29,34,36-38,41,43-45H,1-3,6-8,10,12,15-16,19-22,24,26,28,30-33H2. The minimum absolute atomic E-state index is 0.297. The maximum Gasteiger partial charge on any atom is 0.159 e. The van der Waals surface area contributed by atoms with Crippen molar-refractivity contribution in [3.63, 3.8) is 0 Å². The summed E-state index contributed by atoms with van der Waals surface area (Å²) in [5.41, 5.74) is 8.78. The van der Waals surface area contributed by atoms with Gasteiger partial charge in [0.2, 0.25) is 0 Å². The van der Waals surface area contributed by atoms with Crippen LogP contribution in [-0.4, -0.2) is 20.7 Å². The van der Waals surface area contributed by atoms with Crippen LogP contribution in [0, 0.1) is 29.6 Å². The molecule has 2 heterocycles. The summed E-state index contributed by atoms with van der Waals surface area (Å²) in [6, 6.07) is 0. The predicted octanol–water partition coefficient (Wildman–Crippen LogP) is 13.1. The minimum atomic E-state index is 0.297. The van der Waals surface area contributed by atoms with E-state index in [2.05, 4.69) is 79.1 Å². The Kier molecular flexibility index (Phi) is 11.3. The third kappa shape index (κ3) is 8.14. The Bertz CT molecular complexity index is 1850. The van der Waals surface area contributed by atoms with Crippen molar-refractivity contribution in [3.8, 4) is 0 Å². The largest absolute Gasteiger partial charge is 0.265 e. The monoisotopic (exact) mass is 718 g/mol. The summed E-state index contributed by atoms with van der Waals surface area (Å²) in [7, 11) is 0. The summed E-state index contributed by atoms with van der Waals surface area (Å²) in [6.07, 6.45) is 56.9.